The highest BCUT2D eigenvalue weighted by molar-refractivity contribution is 5.77. The van der Waals surface area contributed by atoms with Crippen LogP contribution in [-0.4, -0.2) is 19.5 Å². The number of Topliss-reactive ketones (excluding diaryl/α,β-unsaturated/α-hetero) is 1. The average Bonchev–Trinajstić information content (AvgIpc) is 2.25. The Hall–Kier alpha value is -1.75. The van der Waals surface area contributed by atoms with Gasteiger partial charge >= 0.3 is 0 Å². The summed E-state index contributed by atoms with van der Waals surface area (Å²) in [7, 11) is 1.52. The Balaban J connectivity index is 2.82. The van der Waals surface area contributed by atoms with Crippen LogP contribution in [0.2, 0.25) is 0 Å². The highest BCUT2D eigenvalue weighted by Crippen LogP contribution is 2.29. The summed E-state index contributed by atoms with van der Waals surface area (Å²) in [6, 6.07) is 5.12. The standard InChI is InChI=1S/C10H14N2O3/c1-7(13)6-15-9-4-3-8(12-11)5-10(9)14-2/h3-5,12H,6,11H2,1-2H3. The Morgan fingerprint density at radius 1 is 1.47 bits per heavy atom. The first kappa shape index (κ1) is 11.3. The summed E-state index contributed by atoms with van der Waals surface area (Å²) in [5.41, 5.74) is 3.20. The van der Waals surface area contributed by atoms with Crippen molar-refractivity contribution in [3.8, 4) is 11.5 Å². The van der Waals surface area contributed by atoms with Gasteiger partial charge in [-0.2, -0.15) is 0 Å². The molecule has 5 heteroatoms. The molecule has 0 aliphatic rings. The number of nitrogens with one attached hydrogen (secondary N) is 1. The minimum absolute atomic E-state index is 0.0335. The second-order valence-electron chi connectivity index (χ2n) is 3.00. The molecule has 0 unspecified atom stereocenters. The maximum Gasteiger partial charge on any atom is 0.167 e. The minimum Gasteiger partial charge on any atom is -0.493 e. The molecule has 0 spiro atoms. The lowest BCUT2D eigenvalue weighted by atomic mass is 10.3. The van der Waals surface area contributed by atoms with Gasteiger partial charge in [0, 0.05) is 6.07 Å². The Kier molecular flexibility index (Phi) is 3.93. The number of methoxy groups -OCH3 is 1. The molecule has 82 valence electrons. The first-order valence-electron chi connectivity index (χ1n) is 4.44. The molecule has 15 heavy (non-hydrogen) atoms. The van der Waals surface area contributed by atoms with E-state index >= 15 is 0 Å². The Labute approximate surface area is 88.1 Å². The molecule has 3 N–H and O–H groups in total. The van der Waals surface area contributed by atoms with Crippen LogP contribution in [0.15, 0.2) is 18.2 Å². The number of nitrogen functional groups attached to an aromatic ring is 1. The summed E-state index contributed by atoms with van der Waals surface area (Å²) >= 11 is 0. The van der Waals surface area contributed by atoms with Crippen molar-refractivity contribution >= 4 is 11.5 Å². The fraction of sp³-hybridized carbons (Fsp3) is 0.300. The molecule has 0 aliphatic heterocycles. The SMILES string of the molecule is COc1cc(NN)ccc1OCC(C)=O. The summed E-state index contributed by atoms with van der Waals surface area (Å²) in [6.45, 7) is 1.49. The number of carbonyl (C=O) groups excluding carboxylic acids is 1. The Morgan fingerprint density at radius 3 is 2.73 bits per heavy atom. The van der Waals surface area contributed by atoms with Crippen LogP contribution in [-0.2, 0) is 4.79 Å². The zero-order chi connectivity index (χ0) is 11.3. The summed E-state index contributed by atoms with van der Waals surface area (Å²) < 4.78 is 10.3. The summed E-state index contributed by atoms with van der Waals surface area (Å²) in [4.78, 5) is 10.7. The topological polar surface area (TPSA) is 73.6 Å². The predicted molar refractivity (Wildman–Crippen MR) is 57.0 cm³/mol. The third-order valence-electron chi connectivity index (χ3n) is 1.76. The largest absolute Gasteiger partial charge is 0.493 e. The maximum absolute atomic E-state index is 10.7. The number of ketones is 1. The number of benzene rings is 1. The summed E-state index contributed by atoms with van der Waals surface area (Å²) in [5, 5.41) is 0. The second-order valence-corrected chi connectivity index (χ2v) is 3.00. The second kappa shape index (κ2) is 5.21. The van der Waals surface area contributed by atoms with Gasteiger partial charge in [-0.25, -0.2) is 0 Å². The van der Waals surface area contributed by atoms with Gasteiger partial charge in [-0.1, -0.05) is 0 Å². The van der Waals surface area contributed by atoms with E-state index < -0.39 is 0 Å². The number of hydrogen-bond acceptors (Lipinski definition) is 5. The molecular weight excluding hydrogens is 196 g/mol. The number of ether oxygens (including phenoxy) is 2. The van der Waals surface area contributed by atoms with E-state index in [1.165, 1.54) is 14.0 Å². The van der Waals surface area contributed by atoms with E-state index in [0.29, 0.717) is 17.2 Å². The smallest absolute Gasteiger partial charge is 0.167 e. The van der Waals surface area contributed by atoms with Crippen molar-refractivity contribution < 1.29 is 14.3 Å². The van der Waals surface area contributed by atoms with E-state index in [9.17, 15) is 4.79 Å². The van der Waals surface area contributed by atoms with Crippen LogP contribution in [0, 0.1) is 0 Å². The van der Waals surface area contributed by atoms with E-state index in [2.05, 4.69) is 5.43 Å². The molecule has 5 nitrogen and oxygen atoms in total. The molecule has 0 saturated carbocycles. The van der Waals surface area contributed by atoms with Crippen LogP contribution in [0.1, 0.15) is 6.92 Å². The van der Waals surface area contributed by atoms with Crippen molar-refractivity contribution in [2.75, 3.05) is 19.1 Å². The van der Waals surface area contributed by atoms with Crippen molar-refractivity contribution in [2.24, 2.45) is 5.84 Å². The molecule has 0 aromatic heterocycles. The number of hydrogen-bond donors (Lipinski definition) is 2. The van der Waals surface area contributed by atoms with Crippen LogP contribution in [0.4, 0.5) is 5.69 Å². The molecular formula is C10H14N2O3. The molecule has 1 aromatic carbocycles. The zero-order valence-electron chi connectivity index (χ0n) is 8.74. The van der Waals surface area contributed by atoms with Crippen molar-refractivity contribution in [2.45, 2.75) is 6.92 Å². The first-order chi connectivity index (χ1) is 7.17. The van der Waals surface area contributed by atoms with Gasteiger partial charge in [0.05, 0.1) is 12.8 Å². The number of anilines is 1. The fourth-order valence-corrected chi connectivity index (χ4v) is 1.06. The average molecular weight is 210 g/mol. The highest BCUT2D eigenvalue weighted by atomic mass is 16.5. The zero-order valence-corrected chi connectivity index (χ0v) is 8.74. The number of hydrazine groups is 1. The quantitative estimate of drug-likeness (QED) is 0.559. The van der Waals surface area contributed by atoms with Gasteiger partial charge in [0.15, 0.2) is 17.3 Å². The van der Waals surface area contributed by atoms with Gasteiger partial charge in [0.2, 0.25) is 0 Å². The number of carbonyl (C=O) groups is 1. The van der Waals surface area contributed by atoms with Crippen LogP contribution in [0.3, 0.4) is 0 Å². The van der Waals surface area contributed by atoms with Crippen molar-refractivity contribution in [1.29, 1.82) is 0 Å². The van der Waals surface area contributed by atoms with Crippen molar-refractivity contribution in [1.82, 2.24) is 0 Å². The monoisotopic (exact) mass is 210 g/mol. The molecule has 0 heterocycles. The van der Waals surface area contributed by atoms with Crippen LogP contribution < -0.4 is 20.7 Å². The van der Waals surface area contributed by atoms with E-state index in [4.69, 9.17) is 15.3 Å². The molecule has 0 saturated heterocycles. The number of rotatable bonds is 5. The lowest BCUT2D eigenvalue weighted by Gasteiger charge is -2.10. The predicted octanol–water partition coefficient (Wildman–Crippen LogP) is 0.949. The third kappa shape index (κ3) is 3.14. The first-order valence-corrected chi connectivity index (χ1v) is 4.44. The molecule has 0 atom stereocenters. The van der Waals surface area contributed by atoms with Gasteiger partial charge < -0.3 is 14.9 Å². The molecule has 1 rings (SSSR count). The van der Waals surface area contributed by atoms with Gasteiger partial charge in [-0.05, 0) is 19.1 Å². The van der Waals surface area contributed by atoms with Crippen LogP contribution in [0.25, 0.3) is 0 Å². The van der Waals surface area contributed by atoms with E-state index in [1.807, 2.05) is 0 Å². The molecule has 0 aliphatic carbocycles. The van der Waals surface area contributed by atoms with Crippen LogP contribution >= 0.6 is 0 Å². The van der Waals surface area contributed by atoms with Gasteiger partial charge in [-0.3, -0.25) is 10.6 Å². The van der Waals surface area contributed by atoms with Crippen molar-refractivity contribution in [3.63, 3.8) is 0 Å². The Bertz CT molecular complexity index is 353. The summed E-state index contributed by atoms with van der Waals surface area (Å²) in [6.07, 6.45) is 0. The third-order valence-corrected chi connectivity index (χ3v) is 1.76. The van der Waals surface area contributed by atoms with Crippen molar-refractivity contribution in [3.05, 3.63) is 18.2 Å². The van der Waals surface area contributed by atoms with Gasteiger partial charge in [-0.15, -0.1) is 0 Å². The molecule has 0 bridgehead atoms. The van der Waals surface area contributed by atoms with Gasteiger partial charge in [0.1, 0.15) is 6.61 Å². The lowest BCUT2D eigenvalue weighted by Crippen LogP contribution is -2.09. The molecule has 0 fully saturated rings. The van der Waals surface area contributed by atoms with E-state index in [1.54, 1.807) is 18.2 Å². The van der Waals surface area contributed by atoms with E-state index in [0.717, 1.165) is 0 Å². The molecule has 0 radical (unpaired) electrons. The maximum atomic E-state index is 10.7. The summed E-state index contributed by atoms with van der Waals surface area (Å²) in [5.74, 6) is 6.26. The highest BCUT2D eigenvalue weighted by Gasteiger charge is 2.05. The lowest BCUT2D eigenvalue weighted by molar-refractivity contribution is -0.118. The normalized spacial score (nSPS) is 9.53. The fourth-order valence-electron chi connectivity index (χ4n) is 1.06. The molecule has 1 aromatic rings. The Morgan fingerprint density at radius 2 is 2.20 bits per heavy atom. The number of nitrogens with two attached hydrogens (primary N) is 1. The minimum atomic E-state index is -0.0434. The van der Waals surface area contributed by atoms with Crippen LogP contribution in [0.5, 0.6) is 11.5 Å². The molecule has 0 amide bonds. The van der Waals surface area contributed by atoms with Gasteiger partial charge in [0.25, 0.3) is 0 Å². The van der Waals surface area contributed by atoms with E-state index in [-0.39, 0.29) is 12.4 Å².